The van der Waals surface area contributed by atoms with Crippen molar-refractivity contribution in [1.29, 1.82) is 0 Å². The van der Waals surface area contributed by atoms with Crippen LogP contribution in [-0.4, -0.2) is 74.1 Å². The van der Waals surface area contributed by atoms with Gasteiger partial charge in [-0.2, -0.15) is 0 Å². The van der Waals surface area contributed by atoms with Crippen molar-refractivity contribution in [2.45, 2.75) is 64.6 Å². The van der Waals surface area contributed by atoms with Gasteiger partial charge in [0, 0.05) is 35.7 Å². The molecule has 1 heterocycles. The molecule has 1 amide bonds. The van der Waals surface area contributed by atoms with E-state index >= 15 is 4.39 Å². The van der Waals surface area contributed by atoms with Crippen molar-refractivity contribution in [3.05, 3.63) is 45.5 Å². The number of hydrogen-bond acceptors (Lipinski definition) is 9. The number of benzene rings is 1. The van der Waals surface area contributed by atoms with Gasteiger partial charge in [0.1, 0.15) is 28.7 Å². The third kappa shape index (κ3) is 4.22. The molecule has 7 N–H and O–H groups in total. The minimum atomic E-state index is -2.70. The molecule has 4 aliphatic rings. The number of ketones is 2. The second-order valence-electron chi connectivity index (χ2n) is 12.6. The summed E-state index contributed by atoms with van der Waals surface area (Å²) in [7, 11) is 0. The van der Waals surface area contributed by atoms with Crippen LogP contribution in [0.2, 0.25) is 0 Å². The van der Waals surface area contributed by atoms with E-state index < -0.39 is 69.6 Å². The Labute approximate surface area is 231 Å². The standard InChI is InChI=1S/C29H36FN3O7/c1-28(2,3)12-32-11-14-10-17(34)19-15(21(14)30)8-13-9-16-22(33-6-4-5-7-33)24(36)20(27(31)39)26(38)29(16,40)25(37)18(13)23(19)35/h10,13,16,22,32,34-35,38,40H,4-9,11-12H2,1-3H3,(H2,31,39)/t13-,16-,22-,29-/m0/s1. The number of likely N-dealkylation sites (tertiary alicyclic amines) is 1. The van der Waals surface area contributed by atoms with Crippen LogP contribution in [0.3, 0.4) is 0 Å². The smallest absolute Gasteiger partial charge is 0.255 e. The number of phenolic OH excluding ortho intramolecular Hbond substituents is 1. The number of phenols is 1. The zero-order valence-electron chi connectivity index (χ0n) is 22.9. The van der Waals surface area contributed by atoms with Crippen LogP contribution < -0.4 is 11.1 Å². The lowest BCUT2D eigenvalue weighted by atomic mass is 9.57. The number of carbonyl (C=O) groups excluding carboxylic acids is 3. The van der Waals surface area contributed by atoms with Gasteiger partial charge in [-0.3, -0.25) is 19.3 Å². The molecule has 10 nitrogen and oxygen atoms in total. The minimum Gasteiger partial charge on any atom is -0.508 e. The van der Waals surface area contributed by atoms with Gasteiger partial charge in [-0.05, 0) is 56.2 Å². The highest BCUT2D eigenvalue weighted by molar-refractivity contribution is 6.24. The average molecular weight is 558 g/mol. The first kappa shape index (κ1) is 28.3. The summed E-state index contributed by atoms with van der Waals surface area (Å²) in [4.78, 5) is 41.4. The molecule has 1 saturated carbocycles. The number of nitrogens with zero attached hydrogens (tertiary/aromatic N) is 1. The minimum absolute atomic E-state index is 0.0366. The van der Waals surface area contributed by atoms with Crippen molar-refractivity contribution in [3.8, 4) is 5.75 Å². The molecule has 5 rings (SSSR count). The van der Waals surface area contributed by atoms with Gasteiger partial charge in [0.05, 0.1) is 11.6 Å². The van der Waals surface area contributed by atoms with Crippen LogP contribution in [0.5, 0.6) is 5.75 Å². The summed E-state index contributed by atoms with van der Waals surface area (Å²) in [6.45, 7) is 7.77. The lowest BCUT2D eigenvalue weighted by Gasteiger charge is -2.50. The Morgan fingerprint density at radius 1 is 1.20 bits per heavy atom. The summed E-state index contributed by atoms with van der Waals surface area (Å²) < 4.78 is 15.8. The number of carbonyl (C=O) groups is 3. The second-order valence-corrected chi connectivity index (χ2v) is 12.6. The summed E-state index contributed by atoms with van der Waals surface area (Å²) >= 11 is 0. The molecule has 40 heavy (non-hydrogen) atoms. The maximum absolute atomic E-state index is 15.8. The number of nitrogens with two attached hydrogens (primary N) is 1. The highest BCUT2D eigenvalue weighted by atomic mass is 19.1. The molecular weight excluding hydrogens is 521 g/mol. The van der Waals surface area contributed by atoms with E-state index in [0.29, 0.717) is 19.6 Å². The summed E-state index contributed by atoms with van der Waals surface area (Å²) in [5.74, 6) is -7.98. The molecule has 2 fully saturated rings. The number of nitrogens with one attached hydrogen (secondary N) is 1. The fourth-order valence-electron chi connectivity index (χ4n) is 6.89. The van der Waals surface area contributed by atoms with Gasteiger partial charge in [-0.1, -0.05) is 20.8 Å². The van der Waals surface area contributed by atoms with E-state index in [9.17, 15) is 34.8 Å². The van der Waals surface area contributed by atoms with Crippen LogP contribution in [0.15, 0.2) is 23.0 Å². The maximum atomic E-state index is 15.8. The lowest BCUT2D eigenvalue weighted by Crippen LogP contribution is -2.66. The molecule has 216 valence electrons. The van der Waals surface area contributed by atoms with Crippen LogP contribution in [0, 0.1) is 23.1 Å². The zero-order valence-corrected chi connectivity index (χ0v) is 22.9. The molecule has 0 aromatic heterocycles. The van der Waals surface area contributed by atoms with Gasteiger partial charge < -0.3 is 31.5 Å². The predicted octanol–water partition coefficient (Wildman–Crippen LogP) is 1.77. The third-order valence-corrected chi connectivity index (χ3v) is 8.68. The van der Waals surface area contributed by atoms with Crippen molar-refractivity contribution in [1.82, 2.24) is 10.2 Å². The molecule has 0 radical (unpaired) electrons. The summed E-state index contributed by atoms with van der Waals surface area (Å²) in [5.41, 5.74) is 1.52. The lowest BCUT2D eigenvalue weighted by molar-refractivity contribution is -0.154. The summed E-state index contributed by atoms with van der Waals surface area (Å²) in [6.07, 6.45) is 1.40. The number of rotatable bonds is 5. The highest BCUT2D eigenvalue weighted by Crippen LogP contribution is 2.53. The normalized spacial score (nSPS) is 29.0. The molecule has 0 spiro atoms. The average Bonchev–Trinajstić information content (AvgIpc) is 3.37. The number of aliphatic hydroxyl groups is 3. The van der Waals surface area contributed by atoms with Crippen LogP contribution in [0.1, 0.15) is 56.7 Å². The SMILES string of the molecule is CC(C)(C)CNCc1cc(O)c2c(c1F)C[C@H]1C[C@H]3[C@H](N4CCCC4)C(=O)C(C(N)=O)=C(O)[C@@]3(O)C(=O)C1=C2O. The first-order valence-electron chi connectivity index (χ1n) is 13.6. The number of aromatic hydroxyl groups is 1. The molecular formula is C29H36FN3O7. The number of halogens is 1. The van der Waals surface area contributed by atoms with Crippen molar-refractivity contribution < 1.29 is 39.2 Å². The Kier molecular flexibility index (Phi) is 6.83. The third-order valence-electron chi connectivity index (χ3n) is 8.68. The molecule has 1 aromatic rings. The maximum Gasteiger partial charge on any atom is 0.255 e. The van der Waals surface area contributed by atoms with Crippen LogP contribution in [0.4, 0.5) is 4.39 Å². The molecule has 3 aliphatic carbocycles. The van der Waals surface area contributed by atoms with Crippen LogP contribution >= 0.6 is 0 Å². The summed E-state index contributed by atoms with van der Waals surface area (Å²) in [5, 5.41) is 48.0. The van der Waals surface area contributed by atoms with Gasteiger partial charge in [0.15, 0.2) is 11.4 Å². The van der Waals surface area contributed by atoms with E-state index in [1.807, 2.05) is 20.8 Å². The molecule has 1 aliphatic heterocycles. The zero-order chi connectivity index (χ0) is 29.3. The van der Waals surface area contributed by atoms with Crippen molar-refractivity contribution in [3.63, 3.8) is 0 Å². The Morgan fingerprint density at radius 3 is 2.45 bits per heavy atom. The van der Waals surface area contributed by atoms with Gasteiger partial charge in [0.2, 0.25) is 5.78 Å². The fraction of sp³-hybridized carbons (Fsp3) is 0.552. The summed E-state index contributed by atoms with van der Waals surface area (Å²) in [6, 6.07) is 0.0860. The number of fused-ring (bicyclic) bond motifs is 3. The fourth-order valence-corrected chi connectivity index (χ4v) is 6.89. The molecule has 0 bridgehead atoms. The first-order valence-corrected chi connectivity index (χ1v) is 13.6. The molecule has 4 atom stereocenters. The van der Waals surface area contributed by atoms with Crippen LogP contribution in [-0.2, 0) is 27.3 Å². The van der Waals surface area contributed by atoms with Gasteiger partial charge in [-0.15, -0.1) is 0 Å². The van der Waals surface area contributed by atoms with Crippen molar-refractivity contribution in [2.24, 2.45) is 23.0 Å². The Bertz CT molecular complexity index is 1370. The van der Waals surface area contributed by atoms with E-state index in [4.69, 9.17) is 5.73 Å². The largest absolute Gasteiger partial charge is 0.508 e. The van der Waals surface area contributed by atoms with Gasteiger partial charge >= 0.3 is 0 Å². The molecule has 11 heteroatoms. The first-order chi connectivity index (χ1) is 18.7. The Hall–Kier alpha value is -3.28. The van der Waals surface area contributed by atoms with E-state index in [0.717, 1.165) is 12.8 Å². The van der Waals surface area contributed by atoms with E-state index in [2.05, 4.69) is 5.32 Å². The number of aliphatic hydroxyl groups excluding tert-OH is 2. The quantitative estimate of drug-likeness (QED) is 0.295. The monoisotopic (exact) mass is 557 g/mol. The molecule has 0 unspecified atom stereocenters. The topological polar surface area (TPSA) is 173 Å². The van der Waals surface area contributed by atoms with Crippen molar-refractivity contribution in [2.75, 3.05) is 19.6 Å². The van der Waals surface area contributed by atoms with Crippen LogP contribution in [0.25, 0.3) is 5.76 Å². The highest BCUT2D eigenvalue weighted by Gasteiger charge is 2.64. The predicted molar refractivity (Wildman–Crippen MR) is 142 cm³/mol. The number of hydrogen-bond donors (Lipinski definition) is 6. The number of Topliss-reactive ketones (excluding diaryl/α,β-unsaturated/α-hetero) is 2. The number of amides is 1. The van der Waals surface area contributed by atoms with Gasteiger partial charge in [-0.25, -0.2) is 4.39 Å². The van der Waals surface area contributed by atoms with Crippen molar-refractivity contribution >= 4 is 23.2 Å². The Balaban J connectivity index is 1.61. The van der Waals surface area contributed by atoms with E-state index in [1.54, 1.807) is 4.90 Å². The van der Waals surface area contributed by atoms with E-state index in [-0.39, 0.29) is 47.1 Å². The second kappa shape index (κ2) is 9.67. The molecule has 1 aromatic carbocycles. The Morgan fingerprint density at radius 2 is 1.85 bits per heavy atom. The number of primary amides is 1. The van der Waals surface area contributed by atoms with E-state index in [1.165, 1.54) is 6.07 Å². The van der Waals surface area contributed by atoms with Gasteiger partial charge in [0.25, 0.3) is 5.91 Å². The molecule has 1 saturated heterocycles.